The summed E-state index contributed by atoms with van der Waals surface area (Å²) in [5, 5.41) is 28.4. The molecular weight excluding hydrogens is 540 g/mol. The summed E-state index contributed by atoms with van der Waals surface area (Å²) in [7, 11) is 5.05. The number of carbonyl (C=O) groups is 2. The first-order valence-electron chi connectivity index (χ1n) is 15.4. The van der Waals surface area contributed by atoms with Gasteiger partial charge in [0, 0.05) is 76.3 Å². The highest BCUT2D eigenvalue weighted by Gasteiger charge is 2.89. The quantitative estimate of drug-likeness (QED) is 0.414. The molecule has 7 bridgehead atoms. The first-order chi connectivity index (χ1) is 20.1. The van der Waals surface area contributed by atoms with Crippen LogP contribution in [0.1, 0.15) is 56.3 Å². The number of anilines is 1. The number of amides is 1. The van der Waals surface area contributed by atoms with Crippen molar-refractivity contribution in [3.8, 4) is 0 Å². The fourth-order valence-electron chi connectivity index (χ4n) is 11.6. The van der Waals surface area contributed by atoms with Crippen LogP contribution >= 0.6 is 0 Å². The zero-order valence-corrected chi connectivity index (χ0v) is 25.2. The average molecular weight is 585 g/mol. The lowest BCUT2D eigenvalue weighted by molar-refractivity contribution is -0.337. The molecule has 10 heteroatoms. The Morgan fingerprint density at radius 2 is 1.83 bits per heavy atom. The number of hydrogen-bond donors (Lipinski definition) is 3. The van der Waals surface area contributed by atoms with E-state index in [0.29, 0.717) is 56.4 Å². The number of carbonyl (C=O) groups excluding carboxylic acids is 2. The molecule has 12 atom stereocenters. The SMILES string of the molecule is CCN1C[C@]2(OC(=O)c3ccccc3NC(C)=O)CCC(OC)C34[C@H]1C(C[C@@H]32)[C@@]1(O)C[C@H](OC)[C@H]2C[C@@H]4[C@]1(O)[C@H]2OC. The number of hydrogen-bond acceptors (Lipinski definition) is 9. The second kappa shape index (κ2) is 9.46. The lowest BCUT2D eigenvalue weighted by Crippen LogP contribution is -2.83. The highest BCUT2D eigenvalue weighted by molar-refractivity contribution is 6.00. The Hall–Kier alpha value is -2.08. The molecule has 1 saturated heterocycles. The van der Waals surface area contributed by atoms with Crippen molar-refractivity contribution in [2.75, 3.05) is 39.7 Å². The van der Waals surface area contributed by atoms with Gasteiger partial charge in [0.25, 0.3) is 0 Å². The molecule has 0 aromatic heterocycles. The van der Waals surface area contributed by atoms with Gasteiger partial charge in [0.15, 0.2) is 0 Å². The molecule has 5 aliphatic carbocycles. The van der Waals surface area contributed by atoms with Crippen LogP contribution in [0.25, 0.3) is 0 Å². The fourth-order valence-corrected chi connectivity index (χ4v) is 11.6. The zero-order valence-electron chi connectivity index (χ0n) is 25.2. The van der Waals surface area contributed by atoms with Crippen molar-refractivity contribution in [3.63, 3.8) is 0 Å². The Labute approximate surface area is 247 Å². The number of rotatable bonds is 7. The highest BCUT2D eigenvalue weighted by Crippen LogP contribution is 2.79. The molecule has 6 aliphatic rings. The molecule has 7 rings (SSSR count). The van der Waals surface area contributed by atoms with E-state index >= 15 is 0 Å². The van der Waals surface area contributed by atoms with Crippen LogP contribution < -0.4 is 5.32 Å². The third-order valence-electron chi connectivity index (χ3n) is 12.6. The molecule has 1 spiro atoms. The number of piperidine rings is 1. The van der Waals surface area contributed by atoms with Gasteiger partial charge in [-0.2, -0.15) is 0 Å². The molecule has 6 fully saturated rings. The van der Waals surface area contributed by atoms with Crippen LogP contribution in [0.4, 0.5) is 5.69 Å². The summed E-state index contributed by atoms with van der Waals surface area (Å²) in [5.41, 5.74) is -3.57. The van der Waals surface area contributed by atoms with Gasteiger partial charge >= 0.3 is 5.97 Å². The molecular formula is C32H44N2O8. The standard InChI is InChI=1S/C32H44N2O8/c1-6-34-16-29(42-28(36)18-9-7-8-10-21(18)33-17(2)35)12-11-25(40-4)31-23(29)14-20(26(31)34)30(37)15-22(39-3)19-13-24(31)32(30,38)27(19)41-5/h7-10,19-20,22-27,37-38H,6,11-16H2,1-5H3,(H,33,35)/t19-,20?,22+,23-,24+,25?,26-,27+,29-,30+,31?,32+/m1/s1. The number of fused-ring (bicyclic) bond motifs is 2. The van der Waals surface area contributed by atoms with Gasteiger partial charge in [-0.1, -0.05) is 19.1 Å². The molecule has 1 heterocycles. The number of aliphatic hydroxyl groups is 2. The molecule has 3 unspecified atom stereocenters. The first-order valence-corrected chi connectivity index (χ1v) is 15.4. The lowest BCUT2D eigenvalue weighted by Gasteiger charge is -2.70. The number of para-hydroxylation sites is 1. The van der Waals surface area contributed by atoms with Crippen molar-refractivity contribution in [2.24, 2.45) is 29.1 Å². The topological polar surface area (TPSA) is 127 Å². The van der Waals surface area contributed by atoms with Gasteiger partial charge in [0.05, 0.1) is 29.6 Å². The second-order valence-corrected chi connectivity index (χ2v) is 13.7. The molecule has 10 nitrogen and oxygen atoms in total. The maximum atomic E-state index is 14.0. The van der Waals surface area contributed by atoms with Crippen molar-refractivity contribution in [1.29, 1.82) is 0 Å². The van der Waals surface area contributed by atoms with E-state index in [2.05, 4.69) is 17.1 Å². The maximum absolute atomic E-state index is 14.0. The third-order valence-corrected chi connectivity index (χ3v) is 12.6. The Balaban J connectivity index is 1.38. The first kappa shape index (κ1) is 28.7. The summed E-state index contributed by atoms with van der Waals surface area (Å²) in [6.07, 6.45) is 1.91. The van der Waals surface area contributed by atoms with E-state index in [9.17, 15) is 19.8 Å². The molecule has 3 N–H and O–H groups in total. The van der Waals surface area contributed by atoms with Crippen LogP contribution in [0.3, 0.4) is 0 Å². The Morgan fingerprint density at radius 1 is 1.07 bits per heavy atom. The summed E-state index contributed by atoms with van der Waals surface area (Å²) in [5.74, 6) is -1.54. The summed E-state index contributed by atoms with van der Waals surface area (Å²) in [6.45, 7) is 4.79. The molecule has 1 aromatic carbocycles. The number of nitrogens with zero attached hydrogens (tertiary/aromatic N) is 1. The maximum Gasteiger partial charge on any atom is 0.340 e. The van der Waals surface area contributed by atoms with Gasteiger partial charge in [0.2, 0.25) is 5.91 Å². The second-order valence-electron chi connectivity index (χ2n) is 13.7. The fraction of sp³-hybridized carbons (Fsp3) is 0.750. The number of likely N-dealkylation sites (N-methyl/N-ethyl adjacent to an activating group) is 1. The smallest absolute Gasteiger partial charge is 0.340 e. The van der Waals surface area contributed by atoms with E-state index in [-0.39, 0.29) is 47.8 Å². The van der Waals surface area contributed by atoms with Crippen LogP contribution in [-0.4, -0.2) is 103 Å². The van der Waals surface area contributed by atoms with Crippen LogP contribution in [0.5, 0.6) is 0 Å². The molecule has 1 aliphatic heterocycles. The van der Waals surface area contributed by atoms with Crippen molar-refractivity contribution < 1.29 is 38.7 Å². The minimum atomic E-state index is -1.48. The van der Waals surface area contributed by atoms with E-state index in [1.165, 1.54) is 6.92 Å². The van der Waals surface area contributed by atoms with Crippen molar-refractivity contribution in [3.05, 3.63) is 29.8 Å². The van der Waals surface area contributed by atoms with Crippen LogP contribution in [-0.2, 0) is 23.7 Å². The van der Waals surface area contributed by atoms with E-state index in [0.717, 1.165) is 0 Å². The molecule has 42 heavy (non-hydrogen) atoms. The summed E-state index contributed by atoms with van der Waals surface area (Å²) < 4.78 is 25.1. The van der Waals surface area contributed by atoms with E-state index < -0.39 is 34.3 Å². The van der Waals surface area contributed by atoms with E-state index in [1.54, 1.807) is 45.6 Å². The number of methoxy groups -OCH3 is 3. The number of nitrogens with one attached hydrogen (secondary N) is 1. The van der Waals surface area contributed by atoms with Gasteiger partial charge in [-0.25, -0.2) is 4.79 Å². The Bertz CT molecular complexity index is 1290. The molecule has 5 saturated carbocycles. The van der Waals surface area contributed by atoms with E-state index in [1.807, 2.05) is 0 Å². The van der Waals surface area contributed by atoms with Gasteiger partial charge in [-0.15, -0.1) is 0 Å². The zero-order chi connectivity index (χ0) is 29.8. The minimum Gasteiger partial charge on any atom is -0.454 e. The average Bonchev–Trinajstić information content (AvgIpc) is 3.39. The van der Waals surface area contributed by atoms with Gasteiger partial charge in [-0.3, -0.25) is 9.69 Å². The van der Waals surface area contributed by atoms with Crippen LogP contribution in [0, 0.1) is 29.1 Å². The van der Waals surface area contributed by atoms with Crippen LogP contribution in [0.15, 0.2) is 24.3 Å². The molecule has 1 amide bonds. The van der Waals surface area contributed by atoms with Gasteiger partial charge in [0.1, 0.15) is 16.8 Å². The summed E-state index contributed by atoms with van der Waals surface area (Å²) >= 11 is 0. The number of likely N-dealkylation sites (tertiary alicyclic amines) is 1. The molecule has 1 aromatic rings. The third kappa shape index (κ3) is 3.21. The lowest BCUT2D eigenvalue weighted by atomic mass is 9.44. The van der Waals surface area contributed by atoms with Crippen LogP contribution in [0.2, 0.25) is 0 Å². The minimum absolute atomic E-state index is 0.0432. The monoisotopic (exact) mass is 584 g/mol. The van der Waals surface area contributed by atoms with E-state index in [4.69, 9.17) is 18.9 Å². The number of esters is 1. The summed E-state index contributed by atoms with van der Waals surface area (Å²) in [4.78, 5) is 28.3. The van der Waals surface area contributed by atoms with Gasteiger partial charge < -0.3 is 34.5 Å². The van der Waals surface area contributed by atoms with Crippen molar-refractivity contribution >= 4 is 17.6 Å². The van der Waals surface area contributed by atoms with Crippen molar-refractivity contribution in [1.82, 2.24) is 4.90 Å². The largest absolute Gasteiger partial charge is 0.454 e. The Kier molecular flexibility index (Phi) is 6.46. The predicted molar refractivity (Wildman–Crippen MR) is 152 cm³/mol. The predicted octanol–water partition coefficient (Wildman–Crippen LogP) is 2.22. The normalized spacial score (nSPS) is 48.2. The summed E-state index contributed by atoms with van der Waals surface area (Å²) in [6, 6.07) is 6.89. The number of ether oxygens (including phenoxy) is 4. The highest BCUT2D eigenvalue weighted by atomic mass is 16.6. The molecule has 230 valence electrons. The molecule has 0 radical (unpaired) electrons. The van der Waals surface area contributed by atoms with Gasteiger partial charge in [-0.05, 0) is 44.4 Å². The van der Waals surface area contributed by atoms with Crippen molar-refractivity contribution in [2.45, 2.75) is 87.1 Å². The number of benzene rings is 1. The Morgan fingerprint density at radius 3 is 2.50 bits per heavy atom.